The fraction of sp³-hybridized carbons (Fsp3) is 0.138. The number of benzene rings is 3. The Kier molecular flexibility index (Phi) is 6.36. The Morgan fingerprint density at radius 2 is 1.75 bits per heavy atom. The zero-order chi connectivity index (χ0) is 25.1. The molecular formula is C29H25N3O4. The zero-order valence-electron chi connectivity index (χ0n) is 19.8. The molecule has 1 aliphatic heterocycles. The van der Waals surface area contributed by atoms with Gasteiger partial charge in [-0.15, -0.1) is 0 Å². The highest BCUT2D eigenvalue weighted by molar-refractivity contribution is 6.07. The van der Waals surface area contributed by atoms with E-state index in [1.54, 1.807) is 24.1 Å². The molecule has 0 aliphatic carbocycles. The van der Waals surface area contributed by atoms with Gasteiger partial charge in [-0.3, -0.25) is 9.59 Å². The van der Waals surface area contributed by atoms with E-state index in [0.29, 0.717) is 12.1 Å². The van der Waals surface area contributed by atoms with Gasteiger partial charge in [0, 0.05) is 29.7 Å². The van der Waals surface area contributed by atoms with Crippen LogP contribution < -0.4 is 4.90 Å². The normalized spacial score (nSPS) is 15.4. The number of amides is 3. The molecule has 1 fully saturated rings. The highest BCUT2D eigenvalue weighted by atomic mass is 16.6. The maximum Gasteiger partial charge on any atom is 0.417 e. The largest absolute Gasteiger partial charge is 0.447 e. The molecule has 0 radical (unpaired) electrons. The summed E-state index contributed by atoms with van der Waals surface area (Å²) in [7, 11) is 1.73. The number of carbonyl (C=O) groups is 3. The molecule has 7 nitrogen and oxygen atoms in total. The molecule has 0 spiro atoms. The van der Waals surface area contributed by atoms with Gasteiger partial charge in [-0.2, -0.15) is 0 Å². The minimum atomic E-state index is -0.627. The van der Waals surface area contributed by atoms with Crippen LogP contribution in [0.3, 0.4) is 0 Å². The molecule has 1 aromatic heterocycles. The lowest BCUT2D eigenvalue weighted by atomic mass is 10.1. The number of nitrogens with zero attached hydrogens (tertiary/aromatic N) is 2. The average Bonchev–Trinajstić information content (AvgIpc) is 3.50. The molecule has 5 rings (SSSR count). The molecule has 3 amide bonds. The number of imide groups is 1. The van der Waals surface area contributed by atoms with Gasteiger partial charge in [0.05, 0.1) is 6.04 Å². The molecule has 1 atom stereocenters. The van der Waals surface area contributed by atoms with Gasteiger partial charge < -0.3 is 14.6 Å². The van der Waals surface area contributed by atoms with Crippen molar-refractivity contribution in [2.24, 2.45) is 0 Å². The van der Waals surface area contributed by atoms with E-state index in [9.17, 15) is 14.4 Å². The van der Waals surface area contributed by atoms with Gasteiger partial charge in [0.2, 0.25) is 0 Å². The van der Waals surface area contributed by atoms with Crippen LogP contribution in [0.5, 0.6) is 0 Å². The number of hydrogen-bond donors (Lipinski definition) is 1. The summed E-state index contributed by atoms with van der Waals surface area (Å²) in [5.41, 5.74) is 3.89. The number of fused-ring (bicyclic) bond motifs is 1. The van der Waals surface area contributed by atoms with Crippen LogP contribution in [0.15, 0.2) is 91.0 Å². The molecule has 1 N–H and O–H groups in total. The third kappa shape index (κ3) is 4.77. The van der Waals surface area contributed by atoms with Crippen molar-refractivity contribution >= 4 is 40.6 Å². The lowest BCUT2D eigenvalue weighted by Gasteiger charge is -2.18. The van der Waals surface area contributed by atoms with E-state index >= 15 is 0 Å². The predicted molar refractivity (Wildman–Crippen MR) is 139 cm³/mol. The summed E-state index contributed by atoms with van der Waals surface area (Å²) in [5.74, 6) is -0.574. The number of H-pyrrole nitrogens is 1. The van der Waals surface area contributed by atoms with Crippen molar-refractivity contribution in [1.82, 2.24) is 9.88 Å². The lowest BCUT2D eigenvalue weighted by molar-refractivity contribution is -0.124. The third-order valence-corrected chi connectivity index (χ3v) is 6.25. The van der Waals surface area contributed by atoms with Crippen LogP contribution in [-0.2, 0) is 16.0 Å². The van der Waals surface area contributed by atoms with Crippen molar-refractivity contribution in [3.05, 3.63) is 108 Å². The molecule has 0 bridgehead atoms. The molecule has 3 aromatic carbocycles. The molecule has 180 valence electrons. The van der Waals surface area contributed by atoms with Crippen molar-refractivity contribution in [3.63, 3.8) is 0 Å². The Labute approximate surface area is 208 Å². The molecule has 7 heteroatoms. The summed E-state index contributed by atoms with van der Waals surface area (Å²) in [4.78, 5) is 44.0. The number of aromatic nitrogens is 1. The SMILES string of the molecule is CN(C(=O)c1cc2cc(/C=C/C(=O)N3C(=O)OC[C@H]3Cc3ccccc3)ccc2[nH]1)c1ccccc1. The smallest absolute Gasteiger partial charge is 0.417 e. The van der Waals surface area contributed by atoms with Crippen LogP contribution in [0.4, 0.5) is 10.5 Å². The summed E-state index contributed by atoms with van der Waals surface area (Å²) in [6.45, 7) is 0.177. The number of carbonyl (C=O) groups excluding carboxylic acids is 3. The number of ether oxygens (including phenoxy) is 1. The zero-order valence-corrected chi connectivity index (χ0v) is 19.8. The predicted octanol–water partition coefficient (Wildman–Crippen LogP) is 5.05. The molecule has 36 heavy (non-hydrogen) atoms. The maximum atomic E-state index is 12.9. The Bertz CT molecular complexity index is 1440. The second kappa shape index (κ2) is 9.92. The second-order valence-corrected chi connectivity index (χ2v) is 8.69. The van der Waals surface area contributed by atoms with E-state index in [1.165, 1.54) is 11.0 Å². The standard InChI is InChI=1S/C29H25N3O4/c1-31(23-10-6-3-7-11-23)28(34)26-18-22-16-21(12-14-25(22)30-26)13-15-27(33)32-24(19-36-29(32)35)17-20-8-4-2-5-9-20/h2-16,18,24,30H,17,19H2,1H3/b15-13+/t24-/m1/s1. The van der Waals surface area contributed by atoms with Crippen LogP contribution in [-0.4, -0.2) is 47.5 Å². The van der Waals surface area contributed by atoms with Gasteiger partial charge in [-0.25, -0.2) is 9.69 Å². The van der Waals surface area contributed by atoms with Gasteiger partial charge in [-0.05, 0) is 54.0 Å². The van der Waals surface area contributed by atoms with Crippen LogP contribution in [0.1, 0.15) is 21.6 Å². The highest BCUT2D eigenvalue weighted by Gasteiger charge is 2.36. The number of anilines is 1. The monoisotopic (exact) mass is 479 g/mol. The van der Waals surface area contributed by atoms with E-state index in [2.05, 4.69) is 4.98 Å². The quantitative estimate of drug-likeness (QED) is 0.393. The second-order valence-electron chi connectivity index (χ2n) is 8.69. The van der Waals surface area contributed by atoms with Crippen LogP contribution >= 0.6 is 0 Å². The first-order valence-electron chi connectivity index (χ1n) is 11.7. The van der Waals surface area contributed by atoms with Crippen molar-refractivity contribution in [2.75, 3.05) is 18.6 Å². The number of nitrogens with one attached hydrogen (secondary N) is 1. The Balaban J connectivity index is 1.31. The van der Waals surface area contributed by atoms with E-state index in [4.69, 9.17) is 4.74 Å². The fourth-order valence-electron chi connectivity index (χ4n) is 4.33. The molecule has 0 saturated carbocycles. The number of cyclic esters (lactones) is 1. The summed E-state index contributed by atoms with van der Waals surface area (Å²) in [6, 6.07) is 26.2. The van der Waals surface area contributed by atoms with Crippen LogP contribution in [0, 0.1) is 0 Å². The van der Waals surface area contributed by atoms with Gasteiger partial charge in [-0.1, -0.05) is 54.6 Å². The molecule has 1 saturated heterocycles. The first kappa shape index (κ1) is 23.1. The number of hydrogen-bond acceptors (Lipinski definition) is 4. The molecule has 4 aromatic rings. The molecule has 0 unspecified atom stereocenters. The van der Waals surface area contributed by atoms with E-state index in [1.807, 2.05) is 78.9 Å². The van der Waals surface area contributed by atoms with Gasteiger partial charge in [0.25, 0.3) is 11.8 Å². The maximum absolute atomic E-state index is 12.9. The number of rotatable bonds is 6. The lowest BCUT2D eigenvalue weighted by Crippen LogP contribution is -2.39. The van der Waals surface area contributed by atoms with Crippen molar-refractivity contribution in [1.29, 1.82) is 0 Å². The molecule has 2 heterocycles. The van der Waals surface area contributed by atoms with Crippen molar-refractivity contribution in [2.45, 2.75) is 12.5 Å². The first-order valence-corrected chi connectivity index (χ1v) is 11.7. The average molecular weight is 480 g/mol. The van der Waals surface area contributed by atoms with Crippen molar-refractivity contribution < 1.29 is 19.1 Å². The highest BCUT2D eigenvalue weighted by Crippen LogP contribution is 2.22. The summed E-state index contributed by atoms with van der Waals surface area (Å²) < 4.78 is 5.15. The van der Waals surface area contributed by atoms with Crippen LogP contribution in [0.2, 0.25) is 0 Å². The summed E-state index contributed by atoms with van der Waals surface area (Å²) in [5, 5.41) is 0.844. The third-order valence-electron chi connectivity index (χ3n) is 6.25. The Hall–Kier alpha value is -4.65. The van der Waals surface area contributed by atoms with E-state index < -0.39 is 12.0 Å². The topological polar surface area (TPSA) is 82.7 Å². The Morgan fingerprint density at radius 3 is 2.50 bits per heavy atom. The van der Waals surface area contributed by atoms with E-state index in [0.717, 1.165) is 27.7 Å². The van der Waals surface area contributed by atoms with Crippen molar-refractivity contribution in [3.8, 4) is 0 Å². The minimum absolute atomic E-state index is 0.151. The number of para-hydroxylation sites is 1. The van der Waals surface area contributed by atoms with Gasteiger partial charge in [0.1, 0.15) is 12.3 Å². The van der Waals surface area contributed by atoms with Gasteiger partial charge in [0.15, 0.2) is 0 Å². The fourth-order valence-corrected chi connectivity index (χ4v) is 4.33. The van der Waals surface area contributed by atoms with Gasteiger partial charge >= 0.3 is 6.09 Å². The first-order chi connectivity index (χ1) is 17.5. The van der Waals surface area contributed by atoms with Crippen LogP contribution in [0.25, 0.3) is 17.0 Å². The summed E-state index contributed by atoms with van der Waals surface area (Å²) in [6.07, 6.45) is 2.96. The van der Waals surface area contributed by atoms with E-state index in [-0.39, 0.29) is 18.6 Å². The molecular weight excluding hydrogens is 454 g/mol. The molecule has 1 aliphatic rings. The Morgan fingerprint density at radius 1 is 1.03 bits per heavy atom. The summed E-state index contributed by atoms with van der Waals surface area (Å²) >= 11 is 0. The minimum Gasteiger partial charge on any atom is -0.447 e. The number of aromatic amines is 1.